The molecule has 0 bridgehead atoms. The fraction of sp³-hybridized carbons (Fsp3) is 0.879. The van der Waals surface area contributed by atoms with E-state index in [-0.39, 0.29) is 52.1 Å². The number of sulfonamides is 1. The van der Waals surface area contributed by atoms with Crippen LogP contribution in [0.3, 0.4) is 0 Å². The topological polar surface area (TPSA) is 92.8 Å². The molecule has 0 spiro atoms. The minimum absolute atomic E-state index is 0.0168. The van der Waals surface area contributed by atoms with E-state index in [1.165, 1.54) is 17.7 Å². The summed E-state index contributed by atoms with van der Waals surface area (Å²) < 4.78 is 66.3. The van der Waals surface area contributed by atoms with Crippen LogP contribution in [0.15, 0.2) is 11.6 Å². The van der Waals surface area contributed by atoms with Gasteiger partial charge in [0.2, 0.25) is 0 Å². The van der Waals surface area contributed by atoms with E-state index in [4.69, 9.17) is 4.84 Å². The molecule has 0 aliphatic heterocycles. The average Bonchev–Trinajstić information content (AvgIpc) is 2.91. The maximum atomic E-state index is 14.5. The Balaban J connectivity index is 1.53. The third-order valence-corrected chi connectivity index (χ3v) is 15.5. The fourth-order valence-corrected chi connectivity index (χ4v) is 12.2. The van der Waals surface area contributed by atoms with Crippen molar-refractivity contribution in [3.8, 4) is 0 Å². The van der Waals surface area contributed by atoms with Gasteiger partial charge in [0.1, 0.15) is 0 Å². The van der Waals surface area contributed by atoms with E-state index in [1.54, 1.807) is 7.05 Å². The number of hydrogen-bond donors (Lipinski definition) is 1. The first-order valence-electron chi connectivity index (χ1n) is 16.1. The van der Waals surface area contributed by atoms with Gasteiger partial charge < -0.3 is 0 Å². The van der Waals surface area contributed by atoms with Crippen LogP contribution < -0.4 is 4.72 Å². The first kappa shape index (κ1) is 33.9. The van der Waals surface area contributed by atoms with Crippen molar-refractivity contribution in [1.29, 1.82) is 0 Å². The zero-order valence-corrected chi connectivity index (χ0v) is 28.6. The highest BCUT2D eigenvalue weighted by atomic mass is 32.2. The zero-order valence-electron chi connectivity index (χ0n) is 27.8. The Kier molecular flexibility index (Phi) is 7.72. The molecule has 0 aromatic carbocycles. The van der Waals surface area contributed by atoms with Gasteiger partial charge in [0.25, 0.3) is 5.91 Å². The Bertz CT molecular complexity index is 1380. The van der Waals surface area contributed by atoms with Crippen LogP contribution in [0.5, 0.6) is 0 Å². The van der Waals surface area contributed by atoms with Crippen LogP contribution in [0.4, 0.5) is 13.2 Å². The number of hydrogen-bond acceptors (Lipinski definition) is 5. The molecule has 0 saturated heterocycles. The monoisotopic (exact) mass is 644 g/mol. The molecule has 0 aromatic rings. The number of fused-ring (bicyclic) bond motifs is 7. The predicted molar refractivity (Wildman–Crippen MR) is 161 cm³/mol. The van der Waals surface area contributed by atoms with Crippen molar-refractivity contribution in [2.24, 2.45) is 50.2 Å². The Labute approximate surface area is 261 Å². The lowest BCUT2D eigenvalue weighted by atomic mass is 9.33. The molecule has 5 rings (SSSR count). The van der Waals surface area contributed by atoms with Gasteiger partial charge in [0, 0.05) is 24.4 Å². The van der Waals surface area contributed by atoms with E-state index in [1.807, 2.05) is 31.6 Å². The van der Waals surface area contributed by atoms with Crippen molar-refractivity contribution in [1.82, 2.24) is 9.79 Å². The van der Waals surface area contributed by atoms with Gasteiger partial charge in [-0.2, -0.15) is 13.2 Å². The van der Waals surface area contributed by atoms with Crippen LogP contribution in [-0.2, 0) is 24.4 Å². The largest absolute Gasteiger partial charge is 0.511 e. The van der Waals surface area contributed by atoms with Gasteiger partial charge in [0.05, 0.1) is 7.11 Å². The van der Waals surface area contributed by atoms with Crippen LogP contribution in [0.2, 0.25) is 0 Å². The molecule has 0 heterocycles. The number of carbonyl (C=O) groups excluding carboxylic acids is 2. The number of amides is 1. The summed E-state index contributed by atoms with van der Waals surface area (Å²) in [6.45, 7) is 14.7. The maximum absolute atomic E-state index is 14.5. The van der Waals surface area contributed by atoms with Gasteiger partial charge in [-0.3, -0.25) is 14.4 Å². The summed E-state index contributed by atoms with van der Waals surface area (Å²) in [6.07, 6.45) is 8.28. The fourth-order valence-electron chi connectivity index (χ4n) is 11.3. The highest BCUT2D eigenvalue weighted by Gasteiger charge is 2.70. The predicted octanol–water partition coefficient (Wildman–Crippen LogP) is 6.79. The summed E-state index contributed by atoms with van der Waals surface area (Å²) in [4.78, 5) is 33.3. The summed E-state index contributed by atoms with van der Waals surface area (Å²) in [5.74, 6) is -0.365. The molecule has 7 nitrogen and oxygen atoms in total. The average molecular weight is 645 g/mol. The van der Waals surface area contributed by atoms with Crippen LogP contribution in [0.25, 0.3) is 0 Å². The molecule has 5 aliphatic rings. The Morgan fingerprint density at radius 1 is 0.977 bits per heavy atom. The highest BCUT2D eigenvalue weighted by Crippen LogP contribution is 2.75. The summed E-state index contributed by atoms with van der Waals surface area (Å²) >= 11 is 0. The highest BCUT2D eigenvalue weighted by molar-refractivity contribution is 7.90. The number of alkyl halides is 3. The van der Waals surface area contributed by atoms with Gasteiger partial charge in [-0.15, -0.1) is 0 Å². The van der Waals surface area contributed by atoms with Crippen LogP contribution in [0, 0.1) is 50.2 Å². The first-order chi connectivity index (χ1) is 19.9. The smallest absolute Gasteiger partial charge is 0.295 e. The normalized spacial score (nSPS) is 45.3. The second-order valence-corrected chi connectivity index (χ2v) is 18.4. The zero-order chi connectivity index (χ0) is 33.1. The van der Waals surface area contributed by atoms with E-state index >= 15 is 0 Å². The van der Waals surface area contributed by atoms with Gasteiger partial charge >= 0.3 is 15.5 Å². The van der Waals surface area contributed by atoms with Gasteiger partial charge in [0.15, 0.2) is 5.78 Å². The maximum Gasteiger partial charge on any atom is 0.511 e. The van der Waals surface area contributed by atoms with Crippen LogP contribution in [-0.4, -0.2) is 50.9 Å². The summed E-state index contributed by atoms with van der Waals surface area (Å²) in [5.41, 5.74) is -6.78. The molecule has 9 atom stereocenters. The van der Waals surface area contributed by atoms with Crippen molar-refractivity contribution >= 4 is 21.7 Å². The Morgan fingerprint density at radius 2 is 1.59 bits per heavy atom. The first-order valence-corrected chi connectivity index (χ1v) is 17.6. The molecule has 1 unspecified atom stereocenters. The molecule has 250 valence electrons. The van der Waals surface area contributed by atoms with Gasteiger partial charge in [-0.1, -0.05) is 54.0 Å². The van der Waals surface area contributed by atoms with Crippen molar-refractivity contribution in [2.75, 3.05) is 14.2 Å². The molecule has 0 aromatic heterocycles. The quantitative estimate of drug-likeness (QED) is 0.340. The number of hydroxylamine groups is 2. The molecule has 44 heavy (non-hydrogen) atoms. The van der Waals surface area contributed by atoms with Gasteiger partial charge in [-0.05, 0) is 103 Å². The molecule has 4 fully saturated rings. The molecule has 11 heteroatoms. The lowest BCUT2D eigenvalue weighted by Crippen LogP contribution is -2.68. The van der Waals surface area contributed by atoms with Crippen molar-refractivity contribution in [2.45, 2.75) is 118 Å². The van der Waals surface area contributed by atoms with E-state index in [0.29, 0.717) is 19.3 Å². The van der Waals surface area contributed by atoms with Crippen molar-refractivity contribution in [3.05, 3.63) is 11.6 Å². The number of allylic oxidation sites excluding steroid dienone is 2. The lowest BCUT2D eigenvalue weighted by Gasteiger charge is -2.70. The van der Waals surface area contributed by atoms with E-state index in [0.717, 1.165) is 32.1 Å². The molecule has 1 amide bonds. The molecule has 0 radical (unpaired) electrons. The molecule has 5 aliphatic carbocycles. The minimum atomic E-state index is -5.50. The second kappa shape index (κ2) is 10.0. The Morgan fingerprint density at radius 3 is 2.18 bits per heavy atom. The summed E-state index contributed by atoms with van der Waals surface area (Å²) in [6, 6.07) is -0.880. The molecular weight excluding hydrogens is 593 g/mol. The molecule has 4 saturated carbocycles. The number of nitrogens with zero attached hydrogens (tertiary/aromatic N) is 1. The molecular formula is C33H51F3N2O5S. The molecule has 1 N–H and O–H groups in total. The summed E-state index contributed by atoms with van der Waals surface area (Å²) in [7, 11) is -2.36. The van der Waals surface area contributed by atoms with E-state index < -0.39 is 37.8 Å². The Hall–Kier alpha value is -1.46. The number of nitrogens with one attached hydrogen (secondary N) is 1. The van der Waals surface area contributed by atoms with E-state index in [9.17, 15) is 31.2 Å². The second-order valence-electron chi connectivity index (χ2n) is 16.7. The van der Waals surface area contributed by atoms with Crippen molar-refractivity contribution < 1.29 is 36.0 Å². The number of carbonyl (C=O) groups is 2. The third-order valence-electron chi connectivity index (χ3n) is 14.3. The van der Waals surface area contributed by atoms with Gasteiger partial charge in [-0.25, -0.2) is 18.2 Å². The summed E-state index contributed by atoms with van der Waals surface area (Å²) in [5, 5.41) is 1.32. The minimum Gasteiger partial charge on any atom is -0.295 e. The SMILES string of the molecule is CON(C)C(=O)[C@@]1(C)CC[C@]2(C)CC[C@]3(C)C(=CC(=O)[C@@H]4[C@@]5(C)CC[C@@H](NS(=O)(=O)C(F)(F)F)C(C)(C)C5CC[C@]43C)[C@@H]2C1. The number of rotatable bonds is 4. The number of ketones is 1. The standard InChI is InChI=1S/C33H51F3N2O5S/c1-27(2)23-10-13-32(7)25(30(23,5)12-11-24(27)37-44(41,42)33(34,35)36)22(39)18-20-21-19-29(4,26(40)38(8)43-9)15-14-28(21,3)16-17-31(20,32)6/h18,21,23-25,37H,10-17,19H2,1-9H3/t21-,23?,24+,25+,28+,29-,30-,31+,32+/m0/s1. The van der Waals surface area contributed by atoms with Crippen molar-refractivity contribution in [3.63, 3.8) is 0 Å². The van der Waals surface area contributed by atoms with E-state index in [2.05, 4.69) is 27.7 Å². The van der Waals surface area contributed by atoms with Crippen LogP contribution >= 0.6 is 0 Å². The van der Waals surface area contributed by atoms with Crippen LogP contribution in [0.1, 0.15) is 106 Å². The number of halogens is 3. The lowest BCUT2D eigenvalue weighted by molar-refractivity contribution is -0.192. The third kappa shape index (κ3) is 4.51.